The zero-order valence-corrected chi connectivity index (χ0v) is 7.58. The molecule has 1 aromatic carbocycles. The highest BCUT2D eigenvalue weighted by molar-refractivity contribution is 6.07. The van der Waals surface area contributed by atoms with Crippen LogP contribution >= 0.6 is 11.9 Å². The van der Waals surface area contributed by atoms with Gasteiger partial charge in [-0.2, -0.15) is 0 Å². The highest BCUT2D eigenvalue weighted by Crippen LogP contribution is 2.51. The summed E-state index contributed by atoms with van der Waals surface area (Å²) in [5.41, 5.74) is 0.366. The van der Waals surface area contributed by atoms with Gasteiger partial charge in [-0.05, 0) is 30.5 Å². The summed E-state index contributed by atoms with van der Waals surface area (Å²) in [5.74, 6) is -0.272. The Labute approximate surface area is 80.7 Å². The molecule has 0 amide bonds. The first kappa shape index (κ1) is 8.66. The van der Waals surface area contributed by atoms with Crippen molar-refractivity contribution >= 4 is 11.9 Å². The van der Waals surface area contributed by atoms with Crippen LogP contribution in [0.2, 0.25) is 0 Å². The molecule has 2 N–H and O–H groups in total. The van der Waals surface area contributed by atoms with Crippen LogP contribution in [-0.2, 0) is 9.89 Å². The molecule has 0 spiro atoms. The molecule has 0 heterocycles. The quantitative estimate of drug-likeness (QED) is 0.720. The fourth-order valence-electron chi connectivity index (χ4n) is 1.33. The van der Waals surface area contributed by atoms with E-state index < -0.39 is 5.60 Å². The molecule has 1 fully saturated rings. The number of aromatic hydroxyl groups is 2. The molecule has 1 aromatic rings. The van der Waals surface area contributed by atoms with Crippen LogP contribution in [0.1, 0.15) is 18.4 Å². The standard InChI is InChI=1S/C9H9ClO3/c10-13-9(3-4-9)6-1-2-7(11)8(12)5-6/h1-2,5,11-12H,3-4H2. The van der Waals surface area contributed by atoms with Crippen LogP contribution < -0.4 is 0 Å². The van der Waals surface area contributed by atoms with Crippen molar-refractivity contribution in [2.75, 3.05) is 0 Å². The summed E-state index contributed by atoms with van der Waals surface area (Å²) in [4.78, 5) is 0. The SMILES string of the molecule is Oc1ccc(C2(OCl)CC2)cc1O. The first-order chi connectivity index (χ1) is 6.18. The molecule has 70 valence electrons. The van der Waals surface area contributed by atoms with Crippen molar-refractivity contribution in [1.29, 1.82) is 0 Å². The van der Waals surface area contributed by atoms with Crippen LogP contribution in [-0.4, -0.2) is 10.2 Å². The maximum atomic E-state index is 9.24. The van der Waals surface area contributed by atoms with Gasteiger partial charge in [-0.3, -0.25) is 4.29 Å². The molecule has 0 bridgehead atoms. The number of hydrogen-bond donors (Lipinski definition) is 2. The summed E-state index contributed by atoms with van der Waals surface area (Å²) < 4.78 is 4.81. The fourth-order valence-corrected chi connectivity index (χ4v) is 1.57. The topological polar surface area (TPSA) is 49.7 Å². The van der Waals surface area contributed by atoms with Gasteiger partial charge in [0.1, 0.15) is 5.60 Å². The second kappa shape index (κ2) is 2.79. The van der Waals surface area contributed by atoms with Gasteiger partial charge in [0.25, 0.3) is 0 Å². The third-order valence-corrected chi connectivity index (χ3v) is 2.65. The van der Waals surface area contributed by atoms with Crippen molar-refractivity contribution in [3.63, 3.8) is 0 Å². The van der Waals surface area contributed by atoms with E-state index in [9.17, 15) is 5.11 Å². The minimum absolute atomic E-state index is 0.130. The second-order valence-corrected chi connectivity index (χ2v) is 3.43. The van der Waals surface area contributed by atoms with Crippen molar-refractivity contribution in [2.24, 2.45) is 0 Å². The van der Waals surface area contributed by atoms with Gasteiger partial charge in [-0.25, -0.2) is 0 Å². The van der Waals surface area contributed by atoms with E-state index in [0.717, 1.165) is 18.4 Å². The van der Waals surface area contributed by atoms with Crippen LogP contribution in [0.5, 0.6) is 11.5 Å². The van der Waals surface area contributed by atoms with Gasteiger partial charge in [-0.15, -0.1) is 0 Å². The van der Waals surface area contributed by atoms with E-state index in [0.29, 0.717) is 0 Å². The van der Waals surface area contributed by atoms with Crippen LogP contribution in [0.15, 0.2) is 18.2 Å². The van der Waals surface area contributed by atoms with E-state index in [4.69, 9.17) is 21.3 Å². The maximum Gasteiger partial charge on any atom is 0.157 e. The molecule has 1 aliphatic rings. The van der Waals surface area contributed by atoms with Crippen LogP contribution in [0.4, 0.5) is 0 Å². The fraction of sp³-hybridized carbons (Fsp3) is 0.333. The molecule has 0 aromatic heterocycles. The molecule has 2 rings (SSSR count). The third-order valence-electron chi connectivity index (χ3n) is 2.35. The maximum absolute atomic E-state index is 9.24. The van der Waals surface area contributed by atoms with Crippen molar-refractivity contribution in [3.8, 4) is 11.5 Å². The smallest absolute Gasteiger partial charge is 0.157 e. The highest BCUT2D eigenvalue weighted by Gasteiger charge is 2.46. The number of halogens is 1. The van der Waals surface area contributed by atoms with E-state index in [-0.39, 0.29) is 11.5 Å². The average Bonchev–Trinajstić information content (AvgIpc) is 2.90. The Kier molecular flexibility index (Phi) is 1.86. The Morgan fingerprint density at radius 3 is 2.38 bits per heavy atom. The predicted octanol–water partition coefficient (Wildman–Crippen LogP) is 2.26. The molecule has 0 atom stereocenters. The molecule has 0 unspecified atom stereocenters. The molecular weight excluding hydrogens is 192 g/mol. The van der Waals surface area contributed by atoms with E-state index in [1.165, 1.54) is 12.1 Å². The molecule has 1 aliphatic carbocycles. The Balaban J connectivity index is 2.37. The molecular formula is C9H9ClO3. The normalized spacial score (nSPS) is 18.5. The molecule has 3 nitrogen and oxygen atoms in total. The van der Waals surface area contributed by atoms with Gasteiger partial charge in [0.15, 0.2) is 11.5 Å². The van der Waals surface area contributed by atoms with Gasteiger partial charge in [-0.1, -0.05) is 6.07 Å². The summed E-state index contributed by atoms with van der Waals surface area (Å²) in [5, 5.41) is 18.3. The van der Waals surface area contributed by atoms with Gasteiger partial charge < -0.3 is 10.2 Å². The minimum atomic E-state index is -0.438. The van der Waals surface area contributed by atoms with E-state index in [2.05, 4.69) is 0 Å². The van der Waals surface area contributed by atoms with Crippen molar-refractivity contribution in [3.05, 3.63) is 23.8 Å². The second-order valence-electron chi connectivity index (χ2n) is 3.27. The highest BCUT2D eigenvalue weighted by atomic mass is 35.5. The Hall–Kier alpha value is -0.930. The lowest BCUT2D eigenvalue weighted by molar-refractivity contribution is 0.202. The Bertz CT molecular complexity index is 334. The average molecular weight is 201 g/mol. The predicted molar refractivity (Wildman–Crippen MR) is 47.6 cm³/mol. The summed E-state index contributed by atoms with van der Waals surface area (Å²) in [6.07, 6.45) is 1.70. The van der Waals surface area contributed by atoms with Gasteiger partial charge >= 0.3 is 0 Å². The van der Waals surface area contributed by atoms with Gasteiger partial charge in [0.2, 0.25) is 0 Å². The van der Waals surface area contributed by atoms with Gasteiger partial charge in [0.05, 0.1) is 11.9 Å². The Morgan fingerprint density at radius 1 is 1.23 bits per heavy atom. The molecule has 0 saturated heterocycles. The van der Waals surface area contributed by atoms with Crippen LogP contribution in [0.3, 0.4) is 0 Å². The molecule has 1 saturated carbocycles. The zero-order valence-electron chi connectivity index (χ0n) is 6.83. The summed E-state index contributed by atoms with van der Waals surface area (Å²) in [7, 11) is 0. The number of benzene rings is 1. The molecule has 0 aliphatic heterocycles. The number of hydrogen-bond acceptors (Lipinski definition) is 3. The minimum Gasteiger partial charge on any atom is -0.504 e. The number of rotatable bonds is 2. The van der Waals surface area contributed by atoms with E-state index >= 15 is 0 Å². The number of phenols is 2. The van der Waals surface area contributed by atoms with Crippen molar-refractivity contribution in [1.82, 2.24) is 0 Å². The monoisotopic (exact) mass is 200 g/mol. The van der Waals surface area contributed by atoms with Crippen molar-refractivity contribution < 1.29 is 14.5 Å². The zero-order chi connectivity index (χ0) is 9.47. The lowest BCUT2D eigenvalue weighted by Gasteiger charge is -2.11. The molecule has 13 heavy (non-hydrogen) atoms. The lowest BCUT2D eigenvalue weighted by Crippen LogP contribution is -2.05. The van der Waals surface area contributed by atoms with Crippen LogP contribution in [0.25, 0.3) is 0 Å². The number of phenolic OH excluding ortho intramolecular Hbond substituents is 2. The van der Waals surface area contributed by atoms with Gasteiger partial charge in [0, 0.05) is 0 Å². The lowest BCUT2D eigenvalue weighted by atomic mass is 10.1. The largest absolute Gasteiger partial charge is 0.504 e. The van der Waals surface area contributed by atoms with E-state index in [1.54, 1.807) is 6.07 Å². The van der Waals surface area contributed by atoms with Crippen LogP contribution in [0, 0.1) is 0 Å². The first-order valence-electron chi connectivity index (χ1n) is 4.00. The molecule has 4 heteroatoms. The summed E-state index contributed by atoms with van der Waals surface area (Å²) >= 11 is 5.34. The van der Waals surface area contributed by atoms with E-state index in [1.807, 2.05) is 0 Å². The Morgan fingerprint density at radius 2 is 1.92 bits per heavy atom. The summed E-state index contributed by atoms with van der Waals surface area (Å²) in [6, 6.07) is 4.61. The summed E-state index contributed by atoms with van der Waals surface area (Å²) in [6.45, 7) is 0. The third kappa shape index (κ3) is 1.34. The molecule has 0 radical (unpaired) electrons. The van der Waals surface area contributed by atoms with Crippen molar-refractivity contribution in [2.45, 2.75) is 18.4 Å². The first-order valence-corrected chi connectivity index (χ1v) is 4.31.